The summed E-state index contributed by atoms with van der Waals surface area (Å²) in [4.78, 5) is 23.9. The molecule has 16 heavy (non-hydrogen) atoms. The number of ether oxygens (including phenoxy) is 1. The zero-order valence-electron chi connectivity index (χ0n) is 9.64. The van der Waals surface area contributed by atoms with Crippen LogP contribution in [0.3, 0.4) is 0 Å². The van der Waals surface area contributed by atoms with Crippen LogP contribution in [0.5, 0.6) is 0 Å². The van der Waals surface area contributed by atoms with E-state index in [-0.39, 0.29) is 6.61 Å². The number of carbonyl (C=O) groups is 2. The summed E-state index contributed by atoms with van der Waals surface area (Å²) >= 11 is 0. The molecule has 0 aliphatic heterocycles. The summed E-state index contributed by atoms with van der Waals surface area (Å²) < 4.78 is 6.25. The van der Waals surface area contributed by atoms with Crippen LogP contribution in [0.4, 0.5) is 0 Å². The van der Waals surface area contributed by atoms with Crippen LogP contribution in [0.1, 0.15) is 12.5 Å². The van der Waals surface area contributed by atoms with Gasteiger partial charge in [-0.05, 0) is 6.92 Å². The lowest BCUT2D eigenvalue weighted by Gasteiger charge is -2.14. The third kappa shape index (κ3) is 3.08. The van der Waals surface area contributed by atoms with Gasteiger partial charge in [-0.3, -0.25) is 9.48 Å². The molecule has 88 valence electrons. The molecule has 0 spiro atoms. The largest absolute Gasteiger partial charge is 0.459 e. The molecule has 6 nitrogen and oxygen atoms in total. The molecule has 0 aromatic carbocycles. The van der Waals surface area contributed by atoms with Crippen LogP contribution in [0.25, 0.3) is 0 Å². The van der Waals surface area contributed by atoms with Gasteiger partial charge in [0.1, 0.15) is 0 Å². The summed E-state index contributed by atoms with van der Waals surface area (Å²) in [7, 11) is 3.34. The number of aryl methyl sites for hydroxylation is 1. The number of aromatic nitrogens is 2. The van der Waals surface area contributed by atoms with Gasteiger partial charge in [-0.2, -0.15) is 5.10 Å². The molecule has 6 heteroatoms. The molecule has 0 atom stereocenters. The van der Waals surface area contributed by atoms with Gasteiger partial charge in [0.2, 0.25) is 0 Å². The molecule has 0 aliphatic rings. The second kappa shape index (κ2) is 5.29. The average Bonchev–Trinajstić information content (AvgIpc) is 2.63. The van der Waals surface area contributed by atoms with E-state index in [9.17, 15) is 9.59 Å². The quantitative estimate of drug-likeness (QED) is 0.534. The maximum atomic E-state index is 11.5. The molecule has 1 amide bonds. The minimum Gasteiger partial charge on any atom is -0.459 e. The third-order valence-electron chi connectivity index (χ3n) is 1.97. The van der Waals surface area contributed by atoms with Crippen LogP contribution < -0.4 is 0 Å². The number of esters is 1. The SMILES string of the molecule is CCOC(=O)C(=O)N(C)Cc1cnn(C)c1. The predicted octanol–water partition coefficient (Wildman–Crippen LogP) is -0.0584. The molecular formula is C10H15N3O3. The first kappa shape index (κ1) is 12.2. The first-order valence-electron chi connectivity index (χ1n) is 4.94. The van der Waals surface area contributed by atoms with Gasteiger partial charge in [0, 0.05) is 32.4 Å². The first-order valence-corrected chi connectivity index (χ1v) is 4.94. The van der Waals surface area contributed by atoms with Gasteiger partial charge in [0.15, 0.2) is 0 Å². The predicted molar refractivity (Wildman–Crippen MR) is 56.3 cm³/mol. The molecule has 0 bridgehead atoms. The van der Waals surface area contributed by atoms with Gasteiger partial charge in [-0.25, -0.2) is 4.79 Å². The second-order valence-corrected chi connectivity index (χ2v) is 3.40. The van der Waals surface area contributed by atoms with E-state index in [4.69, 9.17) is 0 Å². The number of nitrogens with zero attached hydrogens (tertiary/aromatic N) is 3. The molecule has 1 heterocycles. The van der Waals surface area contributed by atoms with Crippen LogP contribution in [0.15, 0.2) is 12.4 Å². The number of likely N-dealkylation sites (N-methyl/N-ethyl adjacent to an activating group) is 1. The van der Waals surface area contributed by atoms with Crippen molar-refractivity contribution >= 4 is 11.9 Å². The normalized spacial score (nSPS) is 9.94. The van der Waals surface area contributed by atoms with Gasteiger partial charge in [0.25, 0.3) is 0 Å². The summed E-state index contributed by atoms with van der Waals surface area (Å²) in [5, 5.41) is 3.97. The van der Waals surface area contributed by atoms with Crippen molar-refractivity contribution in [2.75, 3.05) is 13.7 Å². The molecule has 0 radical (unpaired) electrons. The monoisotopic (exact) mass is 225 g/mol. The molecule has 0 saturated carbocycles. The van der Waals surface area contributed by atoms with Crippen LogP contribution >= 0.6 is 0 Å². The lowest BCUT2D eigenvalue weighted by atomic mass is 10.3. The maximum Gasteiger partial charge on any atom is 0.397 e. The molecule has 1 rings (SSSR count). The highest BCUT2D eigenvalue weighted by Gasteiger charge is 2.20. The Morgan fingerprint density at radius 1 is 1.56 bits per heavy atom. The van der Waals surface area contributed by atoms with Crippen molar-refractivity contribution in [3.05, 3.63) is 18.0 Å². The summed E-state index contributed by atoms with van der Waals surface area (Å²) in [5.74, 6) is -1.47. The van der Waals surface area contributed by atoms with Crippen molar-refractivity contribution in [1.29, 1.82) is 0 Å². The van der Waals surface area contributed by atoms with Crippen molar-refractivity contribution in [3.8, 4) is 0 Å². The Labute approximate surface area is 93.8 Å². The van der Waals surface area contributed by atoms with Crippen molar-refractivity contribution in [2.24, 2.45) is 7.05 Å². The number of hydrogen-bond donors (Lipinski definition) is 0. The zero-order valence-corrected chi connectivity index (χ0v) is 9.64. The Morgan fingerprint density at radius 2 is 2.25 bits per heavy atom. The first-order chi connectivity index (χ1) is 7.54. The number of carbonyl (C=O) groups excluding carboxylic acids is 2. The van der Waals surface area contributed by atoms with Crippen LogP contribution in [-0.4, -0.2) is 40.2 Å². The Morgan fingerprint density at radius 3 is 2.75 bits per heavy atom. The molecule has 0 saturated heterocycles. The second-order valence-electron chi connectivity index (χ2n) is 3.40. The summed E-state index contributed by atoms with van der Waals surface area (Å²) in [6.07, 6.45) is 3.43. The Bertz CT molecular complexity index is 386. The highest BCUT2D eigenvalue weighted by atomic mass is 16.5. The minimum absolute atomic E-state index is 0.200. The minimum atomic E-state index is -0.825. The Hall–Kier alpha value is -1.85. The molecule has 1 aromatic rings. The number of amides is 1. The van der Waals surface area contributed by atoms with E-state index < -0.39 is 11.9 Å². The fourth-order valence-electron chi connectivity index (χ4n) is 1.25. The van der Waals surface area contributed by atoms with Crippen molar-refractivity contribution in [1.82, 2.24) is 14.7 Å². The lowest BCUT2D eigenvalue weighted by Crippen LogP contribution is -2.34. The topological polar surface area (TPSA) is 64.4 Å². The molecule has 0 aliphatic carbocycles. The van der Waals surface area contributed by atoms with Gasteiger partial charge >= 0.3 is 11.9 Å². The molecule has 0 unspecified atom stereocenters. The van der Waals surface area contributed by atoms with Gasteiger partial charge < -0.3 is 9.64 Å². The van der Waals surface area contributed by atoms with E-state index in [0.29, 0.717) is 6.54 Å². The van der Waals surface area contributed by atoms with Gasteiger partial charge in [-0.1, -0.05) is 0 Å². The highest BCUT2D eigenvalue weighted by Crippen LogP contribution is 2.01. The fraction of sp³-hybridized carbons (Fsp3) is 0.500. The summed E-state index contributed by atoms with van der Waals surface area (Å²) in [6.45, 7) is 2.20. The number of hydrogen-bond acceptors (Lipinski definition) is 4. The average molecular weight is 225 g/mol. The Balaban J connectivity index is 2.55. The van der Waals surface area contributed by atoms with E-state index >= 15 is 0 Å². The third-order valence-corrected chi connectivity index (χ3v) is 1.97. The van der Waals surface area contributed by atoms with Crippen molar-refractivity contribution < 1.29 is 14.3 Å². The van der Waals surface area contributed by atoms with Gasteiger partial charge in [-0.15, -0.1) is 0 Å². The Kier molecular flexibility index (Phi) is 4.04. The van der Waals surface area contributed by atoms with Crippen molar-refractivity contribution in [3.63, 3.8) is 0 Å². The van der Waals surface area contributed by atoms with Gasteiger partial charge in [0.05, 0.1) is 12.8 Å². The van der Waals surface area contributed by atoms with Crippen LogP contribution in [0, 0.1) is 0 Å². The maximum absolute atomic E-state index is 11.5. The standard InChI is InChI=1S/C10H15N3O3/c1-4-16-10(15)9(14)12(2)6-8-5-11-13(3)7-8/h5,7H,4,6H2,1-3H3. The summed E-state index contributed by atoms with van der Waals surface area (Å²) in [6, 6.07) is 0. The summed E-state index contributed by atoms with van der Waals surface area (Å²) in [5.41, 5.74) is 0.864. The smallest absolute Gasteiger partial charge is 0.397 e. The molecular weight excluding hydrogens is 210 g/mol. The lowest BCUT2D eigenvalue weighted by molar-refractivity contribution is -0.159. The van der Waals surface area contributed by atoms with E-state index in [1.165, 1.54) is 4.90 Å². The van der Waals surface area contributed by atoms with Crippen LogP contribution in [-0.2, 0) is 27.9 Å². The van der Waals surface area contributed by atoms with Crippen molar-refractivity contribution in [2.45, 2.75) is 13.5 Å². The van der Waals surface area contributed by atoms with Crippen LogP contribution in [0.2, 0.25) is 0 Å². The van der Waals surface area contributed by atoms with E-state index in [0.717, 1.165) is 5.56 Å². The molecule has 1 aromatic heterocycles. The van der Waals surface area contributed by atoms with E-state index in [1.807, 2.05) is 0 Å². The highest BCUT2D eigenvalue weighted by molar-refractivity contribution is 6.32. The molecule has 0 fully saturated rings. The fourth-order valence-corrected chi connectivity index (χ4v) is 1.25. The van der Waals surface area contributed by atoms with E-state index in [1.54, 1.807) is 38.1 Å². The zero-order chi connectivity index (χ0) is 12.1. The molecule has 0 N–H and O–H groups in total. The number of rotatable bonds is 3. The van der Waals surface area contributed by atoms with E-state index in [2.05, 4.69) is 9.84 Å².